The Morgan fingerprint density at radius 3 is 3.00 bits per heavy atom. The fourth-order valence-electron chi connectivity index (χ4n) is 0.558. The van der Waals surface area contributed by atoms with Crippen molar-refractivity contribution in [2.75, 3.05) is 12.0 Å². The Kier molecular flexibility index (Phi) is 1.96. The molecule has 0 aromatic carbocycles. The van der Waals surface area contributed by atoms with Gasteiger partial charge in [-0.3, -0.25) is 9.78 Å². The number of nitrogens with zero attached hydrogens (tertiary/aromatic N) is 1. The van der Waals surface area contributed by atoms with Gasteiger partial charge in [0.05, 0.1) is 0 Å². The zero-order valence-corrected chi connectivity index (χ0v) is 6.23. The minimum Gasteiger partial charge on any atom is -0.369 e. The molecule has 0 fully saturated rings. The fourth-order valence-corrected chi connectivity index (χ4v) is 0.972. The highest BCUT2D eigenvalue weighted by Crippen LogP contribution is 2.07. The molecule has 3 N–H and O–H groups in total. The molecule has 1 aromatic heterocycles. The van der Waals surface area contributed by atoms with Crippen LogP contribution in [0.3, 0.4) is 0 Å². The zero-order chi connectivity index (χ0) is 7.56. The Morgan fingerprint density at radius 2 is 2.50 bits per heavy atom. The maximum atomic E-state index is 10.7. The lowest BCUT2D eigenvalue weighted by Gasteiger charge is -1.93. The van der Waals surface area contributed by atoms with Crippen molar-refractivity contribution in [2.45, 2.75) is 5.03 Å². The van der Waals surface area contributed by atoms with E-state index >= 15 is 0 Å². The lowest BCUT2D eigenvalue weighted by molar-refractivity contribution is 1.03. The van der Waals surface area contributed by atoms with Crippen LogP contribution in [0.5, 0.6) is 0 Å². The van der Waals surface area contributed by atoms with Crippen molar-refractivity contribution in [3.8, 4) is 0 Å². The first kappa shape index (κ1) is 7.14. The van der Waals surface area contributed by atoms with Crippen molar-refractivity contribution in [1.29, 1.82) is 0 Å². The molecule has 1 heterocycles. The molecule has 1 aromatic rings. The van der Waals surface area contributed by atoms with Gasteiger partial charge in [0.25, 0.3) is 5.56 Å². The van der Waals surface area contributed by atoms with Crippen molar-refractivity contribution < 1.29 is 0 Å². The maximum absolute atomic E-state index is 10.7. The van der Waals surface area contributed by atoms with E-state index in [1.165, 1.54) is 17.8 Å². The number of nitrogen functional groups attached to an aromatic ring is 1. The van der Waals surface area contributed by atoms with E-state index in [1.54, 1.807) is 0 Å². The third-order valence-corrected chi connectivity index (χ3v) is 1.57. The molecular weight excluding hydrogens is 150 g/mol. The third-order valence-electron chi connectivity index (χ3n) is 0.946. The number of H-pyrrole nitrogens is 1. The zero-order valence-electron chi connectivity index (χ0n) is 5.42. The van der Waals surface area contributed by atoms with E-state index in [9.17, 15) is 4.79 Å². The van der Waals surface area contributed by atoms with Gasteiger partial charge >= 0.3 is 0 Å². The van der Waals surface area contributed by atoms with Crippen LogP contribution in [0.25, 0.3) is 0 Å². The first-order valence-corrected chi connectivity index (χ1v) is 3.85. The number of aromatic nitrogens is 2. The number of nitrogens with two attached hydrogens (primary N) is 1. The van der Waals surface area contributed by atoms with Crippen LogP contribution in [0.4, 0.5) is 5.95 Å². The Bertz CT molecular complexity index is 282. The molecular formula is C5H7N3OS. The Morgan fingerprint density at radius 1 is 1.80 bits per heavy atom. The molecule has 0 aliphatic carbocycles. The fraction of sp³-hybridized carbons (Fsp3) is 0.200. The van der Waals surface area contributed by atoms with E-state index in [4.69, 9.17) is 5.73 Å². The van der Waals surface area contributed by atoms with Crippen molar-refractivity contribution >= 4 is 17.7 Å². The normalized spacial score (nSPS) is 9.70. The quantitative estimate of drug-likeness (QED) is 0.447. The Hall–Kier alpha value is -0.970. The van der Waals surface area contributed by atoms with Crippen LogP contribution >= 0.6 is 11.8 Å². The van der Waals surface area contributed by atoms with Crippen LogP contribution in [0.1, 0.15) is 0 Å². The minimum absolute atomic E-state index is 0.164. The average Bonchev–Trinajstić information content (AvgIpc) is 1.85. The van der Waals surface area contributed by atoms with Crippen molar-refractivity contribution in [3.63, 3.8) is 0 Å². The average molecular weight is 157 g/mol. The molecule has 4 nitrogen and oxygen atoms in total. The van der Waals surface area contributed by atoms with E-state index in [-0.39, 0.29) is 11.5 Å². The number of aromatic amines is 1. The summed E-state index contributed by atoms with van der Waals surface area (Å²) in [4.78, 5) is 16.9. The summed E-state index contributed by atoms with van der Waals surface area (Å²) in [5.74, 6) is 0.164. The number of nitrogens with one attached hydrogen (secondary N) is 1. The van der Waals surface area contributed by atoms with Gasteiger partial charge in [-0.2, -0.15) is 0 Å². The summed E-state index contributed by atoms with van der Waals surface area (Å²) < 4.78 is 0. The van der Waals surface area contributed by atoms with Crippen LogP contribution < -0.4 is 11.3 Å². The largest absolute Gasteiger partial charge is 0.369 e. The molecule has 0 atom stereocenters. The summed E-state index contributed by atoms with van der Waals surface area (Å²) in [6, 6.07) is 1.40. The predicted molar refractivity (Wildman–Crippen MR) is 41.1 cm³/mol. The summed E-state index contributed by atoms with van der Waals surface area (Å²) >= 11 is 1.39. The summed E-state index contributed by atoms with van der Waals surface area (Å²) in [7, 11) is 0. The molecule has 0 saturated heterocycles. The second-order valence-electron chi connectivity index (χ2n) is 1.67. The van der Waals surface area contributed by atoms with E-state index in [0.717, 1.165) is 0 Å². The highest BCUT2D eigenvalue weighted by molar-refractivity contribution is 7.98. The van der Waals surface area contributed by atoms with Crippen LogP contribution in [0.15, 0.2) is 15.9 Å². The van der Waals surface area contributed by atoms with Gasteiger partial charge in [-0.25, -0.2) is 4.98 Å². The van der Waals surface area contributed by atoms with E-state index < -0.39 is 0 Å². The standard InChI is InChI=1S/C5H7N3OS/c1-10-4-2-3(9)7-5(6)8-4/h2H,1H3,(H3,6,7,8,9). The number of anilines is 1. The van der Waals surface area contributed by atoms with E-state index in [2.05, 4.69) is 9.97 Å². The SMILES string of the molecule is CSc1cc(=O)[nH]c(N)n1. The van der Waals surface area contributed by atoms with Gasteiger partial charge in [0.1, 0.15) is 5.03 Å². The maximum Gasteiger partial charge on any atom is 0.253 e. The smallest absolute Gasteiger partial charge is 0.253 e. The molecule has 0 aliphatic heterocycles. The summed E-state index contributed by atoms with van der Waals surface area (Å²) in [5, 5.41) is 0.640. The molecule has 0 radical (unpaired) electrons. The second kappa shape index (κ2) is 2.74. The topological polar surface area (TPSA) is 71.8 Å². The number of thioether (sulfide) groups is 1. The van der Waals surface area contributed by atoms with Gasteiger partial charge in [-0.05, 0) is 6.26 Å². The van der Waals surface area contributed by atoms with Gasteiger partial charge < -0.3 is 5.73 Å². The van der Waals surface area contributed by atoms with Crippen LogP contribution in [-0.4, -0.2) is 16.2 Å². The van der Waals surface area contributed by atoms with Gasteiger partial charge in [-0.15, -0.1) is 11.8 Å². The molecule has 0 bridgehead atoms. The highest BCUT2D eigenvalue weighted by Gasteiger charge is 1.93. The summed E-state index contributed by atoms with van der Waals surface area (Å²) in [6.07, 6.45) is 1.83. The lowest BCUT2D eigenvalue weighted by atomic mass is 10.6. The van der Waals surface area contributed by atoms with Crippen LogP contribution in [0.2, 0.25) is 0 Å². The van der Waals surface area contributed by atoms with Crippen molar-refractivity contribution in [2.24, 2.45) is 0 Å². The molecule has 10 heavy (non-hydrogen) atoms. The molecule has 0 unspecified atom stereocenters. The molecule has 0 spiro atoms. The summed E-state index contributed by atoms with van der Waals surface area (Å²) in [5.41, 5.74) is 5.04. The number of hydrogen-bond donors (Lipinski definition) is 2. The number of rotatable bonds is 1. The molecule has 0 amide bonds. The molecule has 1 rings (SSSR count). The molecule has 0 saturated carbocycles. The second-order valence-corrected chi connectivity index (χ2v) is 2.50. The first-order chi connectivity index (χ1) is 4.72. The Balaban J connectivity index is 3.19. The predicted octanol–water partition coefficient (Wildman–Crippen LogP) is 0.0740. The van der Waals surface area contributed by atoms with Crippen molar-refractivity contribution in [1.82, 2.24) is 9.97 Å². The van der Waals surface area contributed by atoms with Gasteiger partial charge in [0, 0.05) is 6.07 Å². The minimum atomic E-state index is -0.211. The third kappa shape index (κ3) is 1.51. The Labute approximate surface area is 61.9 Å². The van der Waals surface area contributed by atoms with Crippen LogP contribution in [0, 0.1) is 0 Å². The molecule has 54 valence electrons. The van der Waals surface area contributed by atoms with Crippen molar-refractivity contribution in [3.05, 3.63) is 16.4 Å². The lowest BCUT2D eigenvalue weighted by Crippen LogP contribution is -2.09. The van der Waals surface area contributed by atoms with E-state index in [1.807, 2.05) is 6.26 Å². The highest BCUT2D eigenvalue weighted by atomic mass is 32.2. The van der Waals surface area contributed by atoms with Gasteiger partial charge in [-0.1, -0.05) is 0 Å². The summed E-state index contributed by atoms with van der Waals surface area (Å²) in [6.45, 7) is 0. The molecule has 5 heteroatoms. The van der Waals surface area contributed by atoms with Crippen LogP contribution in [-0.2, 0) is 0 Å². The van der Waals surface area contributed by atoms with Gasteiger partial charge in [0.2, 0.25) is 5.95 Å². The van der Waals surface area contributed by atoms with Gasteiger partial charge in [0.15, 0.2) is 0 Å². The molecule has 0 aliphatic rings. The van der Waals surface area contributed by atoms with E-state index in [0.29, 0.717) is 5.03 Å². The monoisotopic (exact) mass is 157 g/mol. The first-order valence-electron chi connectivity index (χ1n) is 2.63. The number of hydrogen-bond acceptors (Lipinski definition) is 4.